The number of nitrogens with one attached hydrogen (secondary N) is 1. The van der Waals surface area contributed by atoms with Crippen molar-refractivity contribution in [2.45, 2.75) is 24.3 Å². The summed E-state index contributed by atoms with van der Waals surface area (Å²) in [4.78, 5) is 25.8. The van der Waals surface area contributed by atoms with Gasteiger partial charge in [-0.2, -0.15) is 0 Å². The Bertz CT molecular complexity index is 1270. The zero-order valence-corrected chi connectivity index (χ0v) is 17.1. The van der Waals surface area contributed by atoms with Crippen LogP contribution in [-0.2, 0) is 35.5 Å². The zero-order valence-electron chi connectivity index (χ0n) is 16.3. The molecule has 2 aromatic carbocycles. The lowest BCUT2D eigenvalue weighted by molar-refractivity contribution is -0.128. The van der Waals surface area contributed by atoms with E-state index >= 15 is 0 Å². The number of carbonyl (C=O) groups excluding carboxylic acids is 1. The first kappa shape index (κ1) is 19.3. The van der Waals surface area contributed by atoms with Gasteiger partial charge in [0, 0.05) is 39.3 Å². The van der Waals surface area contributed by atoms with E-state index in [1.165, 1.54) is 21.3 Å². The number of anilines is 1. The summed E-state index contributed by atoms with van der Waals surface area (Å²) in [5.74, 6) is 0.123. The molecule has 0 bridgehead atoms. The third kappa shape index (κ3) is 3.53. The molecule has 1 aliphatic heterocycles. The molecule has 1 amide bonds. The number of carbonyl (C=O) groups is 1. The molecule has 2 heterocycles. The van der Waals surface area contributed by atoms with Crippen LogP contribution >= 0.6 is 0 Å². The van der Waals surface area contributed by atoms with Gasteiger partial charge in [-0.25, -0.2) is 13.2 Å². The average molecular weight is 414 g/mol. The number of aryl methyl sites for hydroxylation is 2. The molecule has 0 spiro atoms. The summed E-state index contributed by atoms with van der Waals surface area (Å²) in [5.41, 5.74) is 2.28. The maximum Gasteiger partial charge on any atom is 0.328 e. The summed E-state index contributed by atoms with van der Waals surface area (Å²) in [7, 11) is -0.580. The van der Waals surface area contributed by atoms with Gasteiger partial charge in [-0.3, -0.25) is 18.7 Å². The van der Waals surface area contributed by atoms with Crippen LogP contribution in [0.3, 0.4) is 0 Å². The van der Waals surface area contributed by atoms with Gasteiger partial charge in [0.25, 0.3) is 10.0 Å². The van der Waals surface area contributed by atoms with Crippen LogP contribution in [0.25, 0.3) is 11.0 Å². The van der Waals surface area contributed by atoms with E-state index in [4.69, 9.17) is 0 Å². The van der Waals surface area contributed by atoms with Crippen LogP contribution in [0.5, 0.6) is 0 Å². The van der Waals surface area contributed by atoms with Crippen molar-refractivity contribution in [1.29, 1.82) is 0 Å². The number of imidazole rings is 1. The summed E-state index contributed by atoms with van der Waals surface area (Å²) in [6.07, 6.45) is 1.42. The monoisotopic (exact) mass is 414 g/mol. The Labute approximate surface area is 168 Å². The highest BCUT2D eigenvalue weighted by molar-refractivity contribution is 7.92. The molecular weight excluding hydrogens is 392 g/mol. The Balaban J connectivity index is 1.61. The van der Waals surface area contributed by atoms with Gasteiger partial charge in [0.2, 0.25) is 5.91 Å². The van der Waals surface area contributed by atoms with Crippen LogP contribution in [-0.4, -0.2) is 34.9 Å². The molecule has 0 unspecified atom stereocenters. The number of hydrogen-bond acceptors (Lipinski definition) is 4. The van der Waals surface area contributed by atoms with Crippen LogP contribution in [0.2, 0.25) is 0 Å². The van der Waals surface area contributed by atoms with Gasteiger partial charge < -0.3 is 4.90 Å². The summed E-state index contributed by atoms with van der Waals surface area (Å²) < 4.78 is 31.3. The maximum atomic E-state index is 12.9. The van der Waals surface area contributed by atoms with E-state index in [1.807, 2.05) is 6.07 Å². The smallest absolute Gasteiger partial charge is 0.328 e. The van der Waals surface area contributed by atoms with E-state index in [-0.39, 0.29) is 16.5 Å². The van der Waals surface area contributed by atoms with Crippen LogP contribution in [0.15, 0.2) is 52.2 Å². The SMILES string of the molecule is Cn1c(=O)n(C)c2cc(S(=O)(=O)Nc3cccc(CN4CCCC4=O)c3)ccc21. The molecule has 8 nitrogen and oxygen atoms in total. The lowest BCUT2D eigenvalue weighted by Crippen LogP contribution is -2.23. The van der Waals surface area contributed by atoms with Crippen molar-refractivity contribution in [1.82, 2.24) is 14.0 Å². The van der Waals surface area contributed by atoms with Crippen LogP contribution in [0, 0.1) is 0 Å². The lowest BCUT2D eigenvalue weighted by Gasteiger charge is -2.16. The van der Waals surface area contributed by atoms with E-state index < -0.39 is 10.0 Å². The second kappa shape index (κ2) is 7.07. The van der Waals surface area contributed by atoms with E-state index in [1.54, 1.807) is 43.3 Å². The summed E-state index contributed by atoms with van der Waals surface area (Å²) >= 11 is 0. The Hall–Kier alpha value is -3.07. The van der Waals surface area contributed by atoms with Crippen molar-refractivity contribution in [3.05, 3.63) is 58.5 Å². The Kier molecular flexibility index (Phi) is 4.70. The van der Waals surface area contributed by atoms with E-state index in [9.17, 15) is 18.0 Å². The molecule has 1 fully saturated rings. The lowest BCUT2D eigenvalue weighted by atomic mass is 10.2. The second-order valence-electron chi connectivity index (χ2n) is 7.28. The van der Waals surface area contributed by atoms with Crippen molar-refractivity contribution < 1.29 is 13.2 Å². The molecule has 3 aromatic rings. The summed E-state index contributed by atoms with van der Waals surface area (Å²) in [6, 6.07) is 11.6. The fourth-order valence-electron chi connectivity index (χ4n) is 3.69. The highest BCUT2D eigenvalue weighted by Crippen LogP contribution is 2.22. The van der Waals surface area contributed by atoms with Crippen molar-refractivity contribution in [2.75, 3.05) is 11.3 Å². The number of hydrogen-bond donors (Lipinski definition) is 1. The van der Waals surface area contributed by atoms with Crippen molar-refractivity contribution in [3.8, 4) is 0 Å². The summed E-state index contributed by atoms with van der Waals surface area (Å²) in [5, 5.41) is 0. The van der Waals surface area contributed by atoms with Crippen LogP contribution in [0.4, 0.5) is 5.69 Å². The highest BCUT2D eigenvalue weighted by Gasteiger charge is 2.21. The molecule has 1 aliphatic rings. The molecule has 0 atom stereocenters. The van der Waals surface area contributed by atoms with Gasteiger partial charge in [-0.1, -0.05) is 12.1 Å². The molecular formula is C20H22N4O4S. The minimum atomic E-state index is -3.84. The van der Waals surface area contributed by atoms with Gasteiger partial charge in [0.1, 0.15) is 0 Å². The zero-order chi connectivity index (χ0) is 20.8. The van der Waals surface area contributed by atoms with E-state index in [0.717, 1.165) is 18.5 Å². The number of aromatic nitrogens is 2. The van der Waals surface area contributed by atoms with Gasteiger partial charge in [0.15, 0.2) is 0 Å². The van der Waals surface area contributed by atoms with Gasteiger partial charge in [0.05, 0.1) is 15.9 Å². The molecule has 1 N–H and O–H groups in total. The fraction of sp³-hybridized carbons (Fsp3) is 0.300. The number of benzene rings is 2. The van der Waals surface area contributed by atoms with Crippen molar-refractivity contribution in [2.24, 2.45) is 14.1 Å². The van der Waals surface area contributed by atoms with E-state index in [0.29, 0.717) is 29.7 Å². The van der Waals surface area contributed by atoms with Gasteiger partial charge in [-0.05, 0) is 42.3 Å². The number of nitrogens with zero attached hydrogens (tertiary/aromatic N) is 3. The number of amides is 1. The topological polar surface area (TPSA) is 93.4 Å². The van der Waals surface area contributed by atoms with Crippen molar-refractivity contribution in [3.63, 3.8) is 0 Å². The minimum absolute atomic E-state index is 0.0753. The molecule has 152 valence electrons. The molecule has 0 radical (unpaired) electrons. The number of fused-ring (bicyclic) bond motifs is 1. The molecule has 29 heavy (non-hydrogen) atoms. The van der Waals surface area contributed by atoms with Crippen LogP contribution < -0.4 is 10.4 Å². The van der Waals surface area contributed by atoms with E-state index in [2.05, 4.69) is 4.72 Å². The first-order chi connectivity index (χ1) is 13.8. The van der Waals surface area contributed by atoms with Crippen molar-refractivity contribution >= 4 is 32.7 Å². The number of sulfonamides is 1. The summed E-state index contributed by atoms with van der Waals surface area (Å²) in [6.45, 7) is 1.19. The first-order valence-electron chi connectivity index (χ1n) is 9.31. The van der Waals surface area contributed by atoms with Crippen LogP contribution in [0.1, 0.15) is 18.4 Å². The predicted molar refractivity (Wildman–Crippen MR) is 110 cm³/mol. The first-order valence-corrected chi connectivity index (χ1v) is 10.8. The Morgan fingerprint density at radius 3 is 2.48 bits per heavy atom. The quantitative estimate of drug-likeness (QED) is 0.689. The predicted octanol–water partition coefficient (Wildman–Crippen LogP) is 1.80. The number of rotatable bonds is 5. The minimum Gasteiger partial charge on any atom is -0.338 e. The standard InChI is InChI=1S/C20H22N4O4S/c1-22-17-9-8-16(12-18(17)23(2)20(22)26)29(27,28)21-15-6-3-5-14(11-15)13-24-10-4-7-19(24)25/h3,5-6,8-9,11-12,21H,4,7,10,13H2,1-2H3. The molecule has 0 aliphatic carbocycles. The van der Waals surface area contributed by atoms with Gasteiger partial charge >= 0.3 is 5.69 Å². The average Bonchev–Trinajstić information content (AvgIpc) is 3.18. The molecule has 1 saturated heterocycles. The maximum absolute atomic E-state index is 12.9. The fourth-order valence-corrected chi connectivity index (χ4v) is 4.76. The highest BCUT2D eigenvalue weighted by atomic mass is 32.2. The molecule has 1 aromatic heterocycles. The normalized spacial score (nSPS) is 14.7. The third-order valence-electron chi connectivity index (χ3n) is 5.28. The third-order valence-corrected chi connectivity index (χ3v) is 6.66. The second-order valence-corrected chi connectivity index (χ2v) is 8.96. The van der Waals surface area contributed by atoms with Gasteiger partial charge in [-0.15, -0.1) is 0 Å². The molecule has 0 saturated carbocycles. The largest absolute Gasteiger partial charge is 0.338 e. The molecule has 4 rings (SSSR count). The molecule has 9 heteroatoms. The Morgan fingerprint density at radius 2 is 1.76 bits per heavy atom. The number of likely N-dealkylation sites (tertiary alicyclic amines) is 1. The Morgan fingerprint density at radius 1 is 1.00 bits per heavy atom.